The molecule has 0 radical (unpaired) electrons. The van der Waals surface area contributed by atoms with E-state index in [1.807, 2.05) is 0 Å². The summed E-state index contributed by atoms with van der Waals surface area (Å²) < 4.78 is 0. The Hall–Kier alpha value is -0.710. The lowest BCUT2D eigenvalue weighted by Gasteiger charge is -2.18. The molecule has 5 heteroatoms. The summed E-state index contributed by atoms with van der Waals surface area (Å²) >= 11 is 1.34. The first-order valence-corrected chi connectivity index (χ1v) is 8.36. The van der Waals surface area contributed by atoms with Crippen LogP contribution < -0.4 is 5.32 Å². The van der Waals surface area contributed by atoms with Crippen LogP contribution in [0.2, 0.25) is 0 Å². The van der Waals surface area contributed by atoms with Crippen molar-refractivity contribution in [2.24, 2.45) is 11.8 Å². The van der Waals surface area contributed by atoms with Crippen molar-refractivity contribution in [3.8, 4) is 0 Å². The first-order valence-electron chi connectivity index (χ1n) is 7.20. The van der Waals surface area contributed by atoms with E-state index in [0.29, 0.717) is 12.3 Å². The number of carbonyl (C=O) groups is 2. The molecule has 0 aromatic heterocycles. The fourth-order valence-corrected chi connectivity index (χ4v) is 3.22. The van der Waals surface area contributed by atoms with Crippen molar-refractivity contribution < 1.29 is 14.7 Å². The number of hydrogen-bond donors (Lipinski definition) is 2. The van der Waals surface area contributed by atoms with Crippen LogP contribution in [-0.2, 0) is 9.59 Å². The molecular formula is C14H25NO3S. The second kappa shape index (κ2) is 9.23. The molecule has 0 aromatic rings. The van der Waals surface area contributed by atoms with Gasteiger partial charge in [0.05, 0.1) is 5.75 Å². The van der Waals surface area contributed by atoms with Gasteiger partial charge in [-0.2, -0.15) is 0 Å². The molecule has 0 heterocycles. The molecule has 19 heavy (non-hydrogen) atoms. The summed E-state index contributed by atoms with van der Waals surface area (Å²) in [5, 5.41) is 11.4. The van der Waals surface area contributed by atoms with Crippen molar-refractivity contribution in [3.05, 3.63) is 0 Å². The fraction of sp³-hybridized carbons (Fsp3) is 0.857. The van der Waals surface area contributed by atoms with E-state index in [-0.39, 0.29) is 17.6 Å². The minimum absolute atomic E-state index is 0.106. The van der Waals surface area contributed by atoms with Crippen LogP contribution in [0.4, 0.5) is 0 Å². The van der Waals surface area contributed by atoms with E-state index in [2.05, 4.69) is 12.2 Å². The van der Waals surface area contributed by atoms with Gasteiger partial charge in [0.15, 0.2) is 0 Å². The lowest BCUT2D eigenvalue weighted by atomic mass is 9.91. The fourth-order valence-electron chi connectivity index (χ4n) is 2.66. The molecule has 1 fully saturated rings. The van der Waals surface area contributed by atoms with Gasteiger partial charge in [-0.15, -0.1) is 11.8 Å². The lowest BCUT2D eigenvalue weighted by Crippen LogP contribution is -2.33. The molecule has 0 bridgehead atoms. The molecule has 2 N–H and O–H groups in total. The van der Waals surface area contributed by atoms with Gasteiger partial charge in [0.2, 0.25) is 5.91 Å². The first kappa shape index (κ1) is 16.3. The molecule has 0 aliphatic heterocycles. The quantitative estimate of drug-likeness (QED) is 0.640. The van der Waals surface area contributed by atoms with Crippen LogP contribution in [0.1, 0.15) is 45.4 Å². The number of carboxylic acid groups (broad SMARTS) is 1. The van der Waals surface area contributed by atoms with Crippen LogP contribution in [0, 0.1) is 11.8 Å². The van der Waals surface area contributed by atoms with Crippen molar-refractivity contribution in [1.82, 2.24) is 5.32 Å². The maximum absolute atomic E-state index is 12.0. The van der Waals surface area contributed by atoms with Gasteiger partial charge in [-0.1, -0.05) is 32.6 Å². The Morgan fingerprint density at radius 2 is 2.05 bits per heavy atom. The third kappa shape index (κ3) is 6.85. The molecule has 0 spiro atoms. The molecular weight excluding hydrogens is 262 g/mol. The summed E-state index contributed by atoms with van der Waals surface area (Å²) in [6.07, 6.45) is 7.09. The predicted molar refractivity (Wildman–Crippen MR) is 78.3 cm³/mol. The van der Waals surface area contributed by atoms with Crippen LogP contribution >= 0.6 is 11.8 Å². The normalized spacial score (nSPS) is 17.3. The van der Waals surface area contributed by atoms with Gasteiger partial charge in [-0.3, -0.25) is 9.59 Å². The SMILES string of the molecule is CCC(CC1CCCC1)C(=O)NCCSCC(=O)O. The summed E-state index contributed by atoms with van der Waals surface area (Å²) in [4.78, 5) is 22.4. The van der Waals surface area contributed by atoms with Crippen molar-refractivity contribution in [3.63, 3.8) is 0 Å². The van der Waals surface area contributed by atoms with E-state index < -0.39 is 5.97 Å². The molecule has 1 atom stereocenters. The monoisotopic (exact) mass is 287 g/mol. The molecule has 1 unspecified atom stereocenters. The molecule has 1 amide bonds. The van der Waals surface area contributed by atoms with Gasteiger partial charge >= 0.3 is 5.97 Å². The highest BCUT2D eigenvalue weighted by Gasteiger charge is 2.23. The minimum Gasteiger partial charge on any atom is -0.481 e. The van der Waals surface area contributed by atoms with Gasteiger partial charge in [0.1, 0.15) is 0 Å². The molecule has 0 saturated heterocycles. The Morgan fingerprint density at radius 1 is 1.37 bits per heavy atom. The third-order valence-electron chi connectivity index (χ3n) is 3.73. The average Bonchev–Trinajstić information content (AvgIpc) is 2.87. The van der Waals surface area contributed by atoms with Crippen LogP contribution in [0.25, 0.3) is 0 Å². The average molecular weight is 287 g/mol. The number of aliphatic carboxylic acids is 1. The Kier molecular flexibility index (Phi) is 7.94. The zero-order valence-electron chi connectivity index (χ0n) is 11.7. The topological polar surface area (TPSA) is 66.4 Å². The maximum atomic E-state index is 12.0. The van der Waals surface area contributed by atoms with Gasteiger partial charge in [0.25, 0.3) is 0 Å². The zero-order valence-corrected chi connectivity index (χ0v) is 12.5. The van der Waals surface area contributed by atoms with Crippen molar-refractivity contribution in [2.75, 3.05) is 18.1 Å². The highest BCUT2D eigenvalue weighted by Crippen LogP contribution is 2.31. The summed E-state index contributed by atoms with van der Waals surface area (Å²) in [6.45, 7) is 2.64. The Labute approximate surface area is 119 Å². The number of rotatable bonds is 9. The van der Waals surface area contributed by atoms with Gasteiger partial charge < -0.3 is 10.4 Å². The lowest BCUT2D eigenvalue weighted by molar-refractivity contribution is -0.134. The van der Waals surface area contributed by atoms with E-state index in [1.54, 1.807) is 0 Å². The number of amides is 1. The minimum atomic E-state index is -0.802. The van der Waals surface area contributed by atoms with E-state index in [1.165, 1.54) is 37.4 Å². The van der Waals surface area contributed by atoms with E-state index in [9.17, 15) is 9.59 Å². The van der Waals surface area contributed by atoms with Crippen LogP contribution in [0.5, 0.6) is 0 Å². The standard InChI is InChI=1S/C14H25NO3S/c1-2-12(9-11-5-3-4-6-11)14(18)15-7-8-19-10-13(16)17/h11-12H,2-10H2,1H3,(H,15,18)(H,16,17). The van der Waals surface area contributed by atoms with Gasteiger partial charge in [-0.25, -0.2) is 0 Å². The summed E-state index contributed by atoms with van der Waals surface area (Å²) in [7, 11) is 0. The van der Waals surface area contributed by atoms with Crippen molar-refractivity contribution >= 4 is 23.6 Å². The first-order chi connectivity index (χ1) is 9.13. The number of thioether (sulfide) groups is 1. The van der Waals surface area contributed by atoms with Gasteiger partial charge in [0, 0.05) is 18.2 Å². The Balaban J connectivity index is 2.15. The largest absolute Gasteiger partial charge is 0.481 e. The smallest absolute Gasteiger partial charge is 0.313 e. The highest BCUT2D eigenvalue weighted by atomic mass is 32.2. The van der Waals surface area contributed by atoms with Crippen molar-refractivity contribution in [2.45, 2.75) is 45.4 Å². The number of hydrogen-bond acceptors (Lipinski definition) is 3. The van der Waals surface area contributed by atoms with E-state index in [0.717, 1.165) is 18.8 Å². The molecule has 1 aliphatic carbocycles. The van der Waals surface area contributed by atoms with E-state index >= 15 is 0 Å². The Bertz CT molecular complexity index is 290. The summed E-state index contributed by atoms with van der Waals surface area (Å²) in [5.74, 6) is 0.978. The van der Waals surface area contributed by atoms with Gasteiger partial charge in [-0.05, 0) is 18.8 Å². The van der Waals surface area contributed by atoms with Crippen molar-refractivity contribution in [1.29, 1.82) is 0 Å². The number of nitrogens with one attached hydrogen (secondary N) is 1. The summed E-state index contributed by atoms with van der Waals surface area (Å²) in [6, 6.07) is 0. The second-order valence-corrected chi connectivity index (χ2v) is 6.33. The summed E-state index contributed by atoms with van der Waals surface area (Å²) in [5.41, 5.74) is 0. The zero-order chi connectivity index (χ0) is 14.1. The molecule has 110 valence electrons. The molecule has 4 nitrogen and oxygen atoms in total. The van der Waals surface area contributed by atoms with E-state index in [4.69, 9.17) is 5.11 Å². The second-order valence-electron chi connectivity index (χ2n) is 5.23. The molecule has 1 rings (SSSR count). The molecule has 1 aliphatic rings. The number of carbonyl (C=O) groups excluding carboxylic acids is 1. The molecule has 0 aromatic carbocycles. The number of carboxylic acids is 1. The van der Waals surface area contributed by atoms with Crippen LogP contribution in [0.15, 0.2) is 0 Å². The maximum Gasteiger partial charge on any atom is 0.313 e. The molecule has 1 saturated carbocycles. The Morgan fingerprint density at radius 3 is 2.63 bits per heavy atom. The van der Waals surface area contributed by atoms with Crippen LogP contribution in [-0.4, -0.2) is 35.0 Å². The third-order valence-corrected chi connectivity index (χ3v) is 4.67. The highest BCUT2D eigenvalue weighted by molar-refractivity contribution is 7.99. The van der Waals surface area contributed by atoms with Crippen LogP contribution in [0.3, 0.4) is 0 Å². The predicted octanol–water partition coefficient (Wildman–Crippen LogP) is 2.53.